The number of rotatable bonds is 6. The van der Waals surface area contributed by atoms with Crippen LogP contribution in [0.25, 0.3) is 0 Å². The first-order valence-electron chi connectivity index (χ1n) is 8.23. The first-order valence-corrected chi connectivity index (χ1v) is 9.84. The van der Waals surface area contributed by atoms with Crippen molar-refractivity contribution in [3.63, 3.8) is 0 Å². The molecular formula is C17H26N2O3S. The van der Waals surface area contributed by atoms with Crippen molar-refractivity contribution in [1.29, 1.82) is 0 Å². The summed E-state index contributed by atoms with van der Waals surface area (Å²) in [5.41, 5.74) is 1.87. The first-order chi connectivity index (χ1) is 10.9. The number of hydrogen-bond acceptors (Lipinski definition) is 3. The first kappa shape index (κ1) is 17.9. The fraction of sp³-hybridized carbons (Fsp3) is 0.588. The molecule has 2 rings (SSSR count). The average molecular weight is 338 g/mol. The highest BCUT2D eigenvalue weighted by Gasteiger charge is 2.28. The van der Waals surface area contributed by atoms with Crippen LogP contribution in [0.4, 0.5) is 0 Å². The minimum absolute atomic E-state index is 0.0263. The van der Waals surface area contributed by atoms with Gasteiger partial charge in [-0.05, 0) is 18.9 Å². The number of sulfonamides is 1. The van der Waals surface area contributed by atoms with Gasteiger partial charge in [-0.15, -0.1) is 0 Å². The van der Waals surface area contributed by atoms with E-state index in [-0.39, 0.29) is 11.7 Å². The molecule has 1 aliphatic heterocycles. The molecule has 6 heteroatoms. The molecule has 128 valence electrons. The molecule has 0 N–H and O–H groups in total. The summed E-state index contributed by atoms with van der Waals surface area (Å²) >= 11 is 0. The van der Waals surface area contributed by atoms with Crippen LogP contribution in [0.15, 0.2) is 24.3 Å². The van der Waals surface area contributed by atoms with Crippen molar-refractivity contribution in [2.24, 2.45) is 0 Å². The van der Waals surface area contributed by atoms with E-state index < -0.39 is 10.0 Å². The van der Waals surface area contributed by atoms with Gasteiger partial charge in [0.1, 0.15) is 0 Å². The van der Waals surface area contributed by atoms with Crippen molar-refractivity contribution in [2.75, 3.05) is 26.2 Å². The van der Waals surface area contributed by atoms with Gasteiger partial charge in [0.15, 0.2) is 0 Å². The van der Waals surface area contributed by atoms with Crippen molar-refractivity contribution in [2.45, 2.75) is 38.9 Å². The van der Waals surface area contributed by atoms with E-state index in [9.17, 15) is 13.2 Å². The van der Waals surface area contributed by atoms with E-state index in [1.54, 1.807) is 4.90 Å². The normalized spacial score (nSPS) is 16.5. The van der Waals surface area contributed by atoms with Gasteiger partial charge in [0.25, 0.3) is 0 Å². The third kappa shape index (κ3) is 5.04. The van der Waals surface area contributed by atoms with Gasteiger partial charge in [0.2, 0.25) is 15.9 Å². The molecule has 1 aromatic carbocycles. The van der Waals surface area contributed by atoms with Crippen LogP contribution < -0.4 is 0 Å². The molecule has 5 nitrogen and oxygen atoms in total. The van der Waals surface area contributed by atoms with Crippen LogP contribution >= 0.6 is 0 Å². The molecule has 1 aromatic rings. The molecule has 0 saturated carbocycles. The van der Waals surface area contributed by atoms with Gasteiger partial charge in [-0.3, -0.25) is 4.79 Å². The Morgan fingerprint density at radius 2 is 1.87 bits per heavy atom. The highest BCUT2D eigenvalue weighted by molar-refractivity contribution is 7.88. The molecule has 1 amide bonds. The predicted molar refractivity (Wildman–Crippen MR) is 91.5 cm³/mol. The lowest BCUT2D eigenvalue weighted by molar-refractivity contribution is -0.132. The van der Waals surface area contributed by atoms with Gasteiger partial charge in [0.05, 0.1) is 5.75 Å². The largest absolute Gasteiger partial charge is 0.340 e. The van der Waals surface area contributed by atoms with E-state index in [2.05, 4.69) is 6.92 Å². The molecule has 1 saturated heterocycles. The quantitative estimate of drug-likeness (QED) is 0.799. The molecule has 0 atom stereocenters. The zero-order valence-electron chi connectivity index (χ0n) is 14.0. The zero-order valence-corrected chi connectivity index (χ0v) is 14.8. The van der Waals surface area contributed by atoms with Gasteiger partial charge in [0, 0.05) is 32.6 Å². The second-order valence-corrected chi connectivity index (χ2v) is 8.10. The van der Waals surface area contributed by atoms with Crippen LogP contribution in [0.5, 0.6) is 0 Å². The lowest BCUT2D eigenvalue weighted by Crippen LogP contribution is -2.50. The summed E-state index contributed by atoms with van der Waals surface area (Å²) in [6, 6.07) is 7.58. The van der Waals surface area contributed by atoms with Crippen LogP contribution in [0, 0.1) is 6.92 Å². The van der Waals surface area contributed by atoms with Crippen molar-refractivity contribution in [1.82, 2.24) is 9.21 Å². The van der Waals surface area contributed by atoms with Gasteiger partial charge in [-0.25, -0.2) is 8.42 Å². The van der Waals surface area contributed by atoms with E-state index in [4.69, 9.17) is 0 Å². The van der Waals surface area contributed by atoms with Crippen LogP contribution in [0.3, 0.4) is 0 Å². The molecule has 1 aliphatic rings. The van der Waals surface area contributed by atoms with Crippen LogP contribution in [0.1, 0.15) is 37.3 Å². The summed E-state index contributed by atoms with van der Waals surface area (Å²) in [6.45, 7) is 5.79. The molecule has 1 fully saturated rings. The van der Waals surface area contributed by atoms with E-state index in [0.717, 1.165) is 24.0 Å². The predicted octanol–water partition coefficient (Wildman–Crippen LogP) is 2.16. The van der Waals surface area contributed by atoms with Gasteiger partial charge in [-0.1, -0.05) is 43.2 Å². The number of amides is 1. The number of unbranched alkanes of at least 4 members (excludes halogenated alkanes) is 1. The number of carbonyl (C=O) groups is 1. The molecule has 0 radical (unpaired) electrons. The summed E-state index contributed by atoms with van der Waals surface area (Å²) in [7, 11) is -3.32. The number of benzene rings is 1. The third-order valence-corrected chi connectivity index (χ3v) is 6.01. The SMILES string of the molecule is CCCCC(=O)N1CCN(S(=O)(=O)Cc2cccc(C)c2)CC1. The Balaban J connectivity index is 1.92. The van der Waals surface area contributed by atoms with Crippen molar-refractivity contribution < 1.29 is 13.2 Å². The summed E-state index contributed by atoms with van der Waals surface area (Å²) in [4.78, 5) is 13.8. The van der Waals surface area contributed by atoms with Crippen molar-refractivity contribution in [3.05, 3.63) is 35.4 Å². The lowest BCUT2D eigenvalue weighted by atomic mass is 10.2. The molecule has 23 heavy (non-hydrogen) atoms. The van der Waals surface area contributed by atoms with Crippen LogP contribution in [0.2, 0.25) is 0 Å². The Labute approximate surface area is 139 Å². The molecule has 0 aliphatic carbocycles. The monoisotopic (exact) mass is 338 g/mol. The number of aryl methyl sites for hydroxylation is 1. The standard InChI is InChI=1S/C17H26N2O3S/c1-3-4-8-17(20)18-9-11-19(12-10-18)23(21,22)14-16-7-5-6-15(2)13-16/h5-7,13H,3-4,8-12,14H2,1-2H3. The summed E-state index contributed by atoms with van der Waals surface area (Å²) in [5.74, 6) is 0.168. The molecule has 0 unspecified atom stereocenters. The zero-order chi connectivity index (χ0) is 16.9. The third-order valence-electron chi connectivity index (χ3n) is 4.16. The van der Waals surface area contributed by atoms with Crippen LogP contribution in [-0.2, 0) is 20.6 Å². The maximum atomic E-state index is 12.5. The average Bonchev–Trinajstić information content (AvgIpc) is 2.52. The topological polar surface area (TPSA) is 57.7 Å². The molecule has 0 bridgehead atoms. The number of nitrogens with zero attached hydrogens (tertiary/aromatic N) is 2. The van der Waals surface area contributed by atoms with E-state index in [1.807, 2.05) is 31.2 Å². The summed E-state index contributed by atoms with van der Waals surface area (Å²) in [5, 5.41) is 0. The van der Waals surface area contributed by atoms with Gasteiger partial charge >= 0.3 is 0 Å². The van der Waals surface area contributed by atoms with E-state index >= 15 is 0 Å². The fourth-order valence-electron chi connectivity index (χ4n) is 2.81. The second kappa shape index (κ2) is 7.93. The number of carbonyl (C=O) groups excluding carboxylic acids is 1. The Bertz CT molecular complexity index is 635. The second-order valence-electron chi connectivity index (χ2n) is 6.13. The molecular weight excluding hydrogens is 312 g/mol. The van der Waals surface area contributed by atoms with E-state index in [1.165, 1.54) is 4.31 Å². The number of hydrogen-bond donors (Lipinski definition) is 0. The van der Waals surface area contributed by atoms with Crippen molar-refractivity contribution >= 4 is 15.9 Å². The Hall–Kier alpha value is -1.40. The summed E-state index contributed by atoms with van der Waals surface area (Å²) in [6.07, 6.45) is 2.45. The molecule has 0 aromatic heterocycles. The molecule has 0 spiro atoms. The van der Waals surface area contributed by atoms with Crippen LogP contribution in [-0.4, -0.2) is 49.7 Å². The minimum atomic E-state index is -3.32. The lowest BCUT2D eigenvalue weighted by Gasteiger charge is -2.34. The minimum Gasteiger partial charge on any atom is -0.340 e. The van der Waals surface area contributed by atoms with Gasteiger partial charge < -0.3 is 4.90 Å². The highest BCUT2D eigenvalue weighted by Crippen LogP contribution is 2.15. The summed E-state index contributed by atoms with van der Waals surface area (Å²) < 4.78 is 26.6. The van der Waals surface area contributed by atoms with Crippen molar-refractivity contribution in [3.8, 4) is 0 Å². The molecule has 1 heterocycles. The Morgan fingerprint density at radius 1 is 1.17 bits per heavy atom. The van der Waals surface area contributed by atoms with Gasteiger partial charge in [-0.2, -0.15) is 4.31 Å². The van der Waals surface area contributed by atoms with E-state index in [0.29, 0.717) is 32.6 Å². The maximum absolute atomic E-state index is 12.5. The fourth-order valence-corrected chi connectivity index (χ4v) is 4.31. The smallest absolute Gasteiger partial charge is 0.222 e. The highest BCUT2D eigenvalue weighted by atomic mass is 32.2. The number of piperazine rings is 1. The maximum Gasteiger partial charge on any atom is 0.222 e. The Morgan fingerprint density at radius 3 is 2.48 bits per heavy atom. The Kier molecular flexibility index (Phi) is 6.18.